The molecule has 10 heteroatoms. The molecule has 0 saturated heterocycles. The van der Waals surface area contributed by atoms with Gasteiger partial charge in [-0.15, -0.1) is 13.2 Å². The van der Waals surface area contributed by atoms with Crippen LogP contribution in [0.4, 0.5) is 18.9 Å². The quantitative estimate of drug-likeness (QED) is 0.137. The van der Waals surface area contributed by atoms with E-state index in [0.29, 0.717) is 16.6 Å². The number of hydrazone groups is 1. The molecule has 0 atom stereocenters. The van der Waals surface area contributed by atoms with Gasteiger partial charge in [0.15, 0.2) is 5.11 Å². The summed E-state index contributed by atoms with van der Waals surface area (Å²) in [6.45, 7) is 5.89. The van der Waals surface area contributed by atoms with Crippen LogP contribution in [0.3, 0.4) is 0 Å². The van der Waals surface area contributed by atoms with E-state index in [-0.39, 0.29) is 5.75 Å². The van der Waals surface area contributed by atoms with Crippen molar-refractivity contribution in [1.29, 1.82) is 0 Å². The molecule has 4 aromatic carbocycles. The van der Waals surface area contributed by atoms with Gasteiger partial charge in [-0.25, -0.2) is 4.98 Å². The van der Waals surface area contributed by atoms with Gasteiger partial charge in [0.1, 0.15) is 11.6 Å². The van der Waals surface area contributed by atoms with E-state index in [0.717, 1.165) is 44.2 Å². The number of nitrogens with one attached hydrogen (secondary N) is 2. The molecule has 0 bridgehead atoms. The van der Waals surface area contributed by atoms with Crippen LogP contribution >= 0.6 is 12.2 Å². The van der Waals surface area contributed by atoms with Gasteiger partial charge in [-0.3, -0.25) is 9.99 Å². The van der Waals surface area contributed by atoms with E-state index in [1.165, 1.54) is 12.1 Å². The Hall–Kier alpha value is -4.44. The van der Waals surface area contributed by atoms with Gasteiger partial charge in [0.2, 0.25) is 0 Å². The summed E-state index contributed by atoms with van der Waals surface area (Å²) in [6.07, 6.45) is -3.04. The van der Waals surface area contributed by atoms with Crippen molar-refractivity contribution < 1.29 is 17.9 Å². The maximum Gasteiger partial charge on any atom is 0.573 e. The first-order valence-corrected chi connectivity index (χ1v) is 12.4. The Morgan fingerprint density at radius 3 is 2.38 bits per heavy atom. The van der Waals surface area contributed by atoms with Gasteiger partial charge in [-0.05, 0) is 91.5 Å². The molecule has 2 N–H and O–H groups in total. The minimum absolute atomic E-state index is 0.274. The minimum atomic E-state index is -4.74. The van der Waals surface area contributed by atoms with Crippen LogP contribution in [0.25, 0.3) is 27.5 Å². The lowest BCUT2D eigenvalue weighted by molar-refractivity contribution is -0.274. The largest absolute Gasteiger partial charge is 0.573 e. The lowest BCUT2D eigenvalue weighted by Crippen LogP contribution is -2.24. The average molecular weight is 548 g/mol. The zero-order valence-electron chi connectivity index (χ0n) is 21.3. The van der Waals surface area contributed by atoms with E-state index in [4.69, 9.17) is 17.2 Å². The molecular weight excluding hydrogens is 523 g/mol. The number of hydrogen-bond acceptors (Lipinski definition) is 4. The fourth-order valence-corrected chi connectivity index (χ4v) is 4.68. The number of alkyl halides is 3. The fourth-order valence-electron chi connectivity index (χ4n) is 4.53. The maximum absolute atomic E-state index is 12.5. The first-order valence-electron chi connectivity index (χ1n) is 12.0. The van der Waals surface area contributed by atoms with Crippen LogP contribution in [0.1, 0.15) is 22.5 Å². The molecule has 39 heavy (non-hydrogen) atoms. The number of rotatable bonds is 5. The molecule has 0 unspecified atom stereocenters. The van der Waals surface area contributed by atoms with Crippen LogP contribution in [0.2, 0.25) is 0 Å². The second-order valence-electron chi connectivity index (χ2n) is 9.04. The molecule has 5 rings (SSSR count). The number of halogens is 3. The monoisotopic (exact) mass is 547 g/mol. The average Bonchev–Trinajstić information content (AvgIpc) is 3.22. The molecule has 0 fully saturated rings. The van der Waals surface area contributed by atoms with Crippen molar-refractivity contribution in [3.8, 4) is 11.4 Å². The summed E-state index contributed by atoms with van der Waals surface area (Å²) in [5, 5.41) is 9.78. The number of aryl methyl sites for hydroxylation is 3. The SMILES string of the molecule is Cc1cccc(C)c1NC(=S)N/N=C/c1ccc2c(ccc3c2nc(C)n3-c2ccc(OC(F)(F)F)cc2)c1. The zero-order valence-corrected chi connectivity index (χ0v) is 22.1. The molecule has 198 valence electrons. The van der Waals surface area contributed by atoms with Gasteiger partial charge < -0.3 is 10.1 Å². The highest BCUT2D eigenvalue weighted by Crippen LogP contribution is 2.30. The Bertz CT molecular complexity index is 1710. The van der Waals surface area contributed by atoms with Gasteiger partial charge in [-0.2, -0.15) is 5.10 Å². The van der Waals surface area contributed by atoms with E-state index in [1.54, 1.807) is 18.3 Å². The smallest absolute Gasteiger partial charge is 0.406 e. The number of benzene rings is 4. The number of anilines is 1. The van der Waals surface area contributed by atoms with E-state index in [2.05, 4.69) is 20.6 Å². The van der Waals surface area contributed by atoms with Crippen molar-refractivity contribution in [2.45, 2.75) is 27.1 Å². The van der Waals surface area contributed by atoms with Crippen LogP contribution < -0.4 is 15.5 Å². The maximum atomic E-state index is 12.5. The van der Waals surface area contributed by atoms with E-state index >= 15 is 0 Å². The minimum Gasteiger partial charge on any atom is -0.406 e. The normalized spacial score (nSPS) is 11.8. The third kappa shape index (κ3) is 5.70. The molecule has 0 aliphatic heterocycles. The lowest BCUT2D eigenvalue weighted by Gasteiger charge is -2.12. The molecule has 6 nitrogen and oxygen atoms in total. The highest BCUT2D eigenvalue weighted by Gasteiger charge is 2.31. The molecule has 0 amide bonds. The molecule has 0 aliphatic rings. The summed E-state index contributed by atoms with van der Waals surface area (Å²) in [5.41, 5.74) is 9.20. The van der Waals surface area contributed by atoms with Gasteiger partial charge in [0.25, 0.3) is 0 Å². The number of thiocarbonyl (C=S) groups is 1. The van der Waals surface area contributed by atoms with Gasteiger partial charge >= 0.3 is 6.36 Å². The molecule has 1 heterocycles. The molecule has 0 spiro atoms. The summed E-state index contributed by atoms with van der Waals surface area (Å²) in [5.74, 6) is 0.436. The molecule has 5 aromatic rings. The molecule has 0 aliphatic carbocycles. The van der Waals surface area contributed by atoms with Gasteiger partial charge in [0.05, 0.1) is 17.2 Å². The molecular formula is C29H24F3N5OS. The summed E-state index contributed by atoms with van der Waals surface area (Å²) in [6, 6.07) is 21.6. The zero-order chi connectivity index (χ0) is 27.7. The van der Waals surface area contributed by atoms with Gasteiger partial charge in [0, 0.05) is 16.8 Å². The first-order chi connectivity index (χ1) is 18.6. The highest BCUT2D eigenvalue weighted by molar-refractivity contribution is 7.80. The van der Waals surface area contributed by atoms with Crippen LogP contribution in [0.15, 0.2) is 77.9 Å². The summed E-state index contributed by atoms with van der Waals surface area (Å²) in [7, 11) is 0. The Labute approximate surface area is 228 Å². The number of fused-ring (bicyclic) bond motifs is 3. The standard InChI is InChI=1S/C29H24F3N5OS/c1-17-5-4-6-18(2)26(17)35-28(39)36-33-16-20-7-13-24-21(15-20)8-14-25-27(24)34-19(3)37(25)22-9-11-23(12-10-22)38-29(30,31)32/h4-16H,1-3H3,(H2,35,36,39)/b33-16+. The Kier molecular flexibility index (Phi) is 6.96. The number of imidazole rings is 1. The summed E-state index contributed by atoms with van der Waals surface area (Å²) in [4.78, 5) is 4.75. The highest BCUT2D eigenvalue weighted by atomic mass is 32.1. The predicted molar refractivity (Wildman–Crippen MR) is 153 cm³/mol. The van der Waals surface area contributed by atoms with Crippen molar-refractivity contribution >= 4 is 51.0 Å². The second-order valence-corrected chi connectivity index (χ2v) is 9.45. The number of nitrogens with zero attached hydrogens (tertiary/aromatic N) is 3. The molecule has 0 saturated carbocycles. The second kappa shape index (κ2) is 10.4. The van der Waals surface area contributed by atoms with Crippen molar-refractivity contribution in [2.24, 2.45) is 5.10 Å². The topological polar surface area (TPSA) is 63.5 Å². The summed E-state index contributed by atoms with van der Waals surface area (Å²) >= 11 is 5.38. The first kappa shape index (κ1) is 26.2. The Morgan fingerprint density at radius 1 is 0.974 bits per heavy atom. The van der Waals surface area contributed by atoms with E-state index < -0.39 is 6.36 Å². The number of ether oxygens (including phenoxy) is 1. The lowest BCUT2D eigenvalue weighted by atomic mass is 10.1. The summed E-state index contributed by atoms with van der Waals surface area (Å²) < 4.78 is 43.4. The van der Waals surface area contributed by atoms with Crippen molar-refractivity contribution in [2.75, 3.05) is 5.32 Å². The van der Waals surface area contributed by atoms with Crippen LogP contribution in [0, 0.1) is 20.8 Å². The third-order valence-corrected chi connectivity index (χ3v) is 6.45. The number of para-hydroxylation sites is 1. The Balaban J connectivity index is 1.36. The fraction of sp³-hybridized carbons (Fsp3) is 0.138. The van der Waals surface area contributed by atoms with Crippen LogP contribution in [-0.4, -0.2) is 27.2 Å². The van der Waals surface area contributed by atoms with Crippen LogP contribution in [-0.2, 0) is 0 Å². The molecule has 0 radical (unpaired) electrons. The van der Waals surface area contributed by atoms with Crippen LogP contribution in [0.5, 0.6) is 5.75 Å². The predicted octanol–water partition coefficient (Wildman–Crippen LogP) is 7.32. The Morgan fingerprint density at radius 2 is 1.69 bits per heavy atom. The number of hydrogen-bond donors (Lipinski definition) is 2. The number of aromatic nitrogens is 2. The van der Waals surface area contributed by atoms with Crippen molar-refractivity contribution in [3.63, 3.8) is 0 Å². The van der Waals surface area contributed by atoms with Crippen molar-refractivity contribution in [1.82, 2.24) is 15.0 Å². The molecule has 1 aromatic heterocycles. The third-order valence-electron chi connectivity index (χ3n) is 6.26. The van der Waals surface area contributed by atoms with Gasteiger partial charge in [-0.1, -0.05) is 36.4 Å². The van der Waals surface area contributed by atoms with Crippen molar-refractivity contribution in [3.05, 3.63) is 95.3 Å². The van der Waals surface area contributed by atoms with E-state index in [1.807, 2.05) is 73.9 Å². The van der Waals surface area contributed by atoms with E-state index in [9.17, 15) is 13.2 Å².